The summed E-state index contributed by atoms with van der Waals surface area (Å²) < 4.78 is 10.8. The third kappa shape index (κ3) is 3.18. The second kappa shape index (κ2) is 5.77. The molecule has 1 unspecified atom stereocenters. The van der Waals surface area contributed by atoms with Crippen LogP contribution < -0.4 is 5.73 Å². The zero-order valence-corrected chi connectivity index (χ0v) is 12.4. The molecule has 100 valence electrons. The van der Waals surface area contributed by atoms with Crippen molar-refractivity contribution in [2.24, 2.45) is 5.73 Å². The minimum atomic E-state index is -0.536. The zero-order valence-electron chi connectivity index (χ0n) is 10.0. The van der Waals surface area contributed by atoms with Crippen LogP contribution in [-0.2, 0) is 4.74 Å². The number of carbonyl (C=O) groups excluding carboxylic acids is 1. The van der Waals surface area contributed by atoms with Crippen molar-refractivity contribution < 1.29 is 13.9 Å². The number of nitrogens with two attached hydrogens (primary N) is 1. The van der Waals surface area contributed by atoms with Crippen molar-refractivity contribution in [2.75, 3.05) is 7.11 Å². The van der Waals surface area contributed by atoms with E-state index in [1.165, 1.54) is 13.2 Å². The first kappa shape index (κ1) is 14.1. The molecule has 1 atom stereocenters. The summed E-state index contributed by atoms with van der Waals surface area (Å²) >= 11 is 9.32. The molecule has 0 saturated carbocycles. The molecule has 1 heterocycles. The lowest BCUT2D eigenvalue weighted by molar-refractivity contribution is 0.0562. The molecule has 4 nitrogen and oxygen atoms in total. The van der Waals surface area contributed by atoms with Crippen LogP contribution in [0.3, 0.4) is 0 Å². The Balaban J connectivity index is 2.30. The van der Waals surface area contributed by atoms with Crippen LogP contribution in [0.15, 0.2) is 39.2 Å². The van der Waals surface area contributed by atoms with E-state index in [4.69, 9.17) is 21.8 Å². The topological polar surface area (TPSA) is 65.5 Å². The maximum Gasteiger partial charge on any atom is 0.373 e. The van der Waals surface area contributed by atoms with E-state index >= 15 is 0 Å². The maximum absolute atomic E-state index is 11.3. The minimum absolute atomic E-state index is 0.119. The van der Waals surface area contributed by atoms with Gasteiger partial charge in [-0.25, -0.2) is 4.79 Å². The van der Waals surface area contributed by atoms with Gasteiger partial charge in [-0.05, 0) is 35.9 Å². The summed E-state index contributed by atoms with van der Waals surface area (Å²) in [5.41, 5.74) is 6.87. The Morgan fingerprint density at radius 2 is 2.16 bits per heavy atom. The molecule has 0 spiro atoms. The van der Waals surface area contributed by atoms with Gasteiger partial charge in [0.25, 0.3) is 0 Å². The van der Waals surface area contributed by atoms with E-state index in [9.17, 15) is 4.79 Å². The molecule has 2 N–H and O–H groups in total. The highest BCUT2D eigenvalue weighted by Crippen LogP contribution is 2.27. The highest BCUT2D eigenvalue weighted by molar-refractivity contribution is 9.10. The molecule has 0 saturated heterocycles. The average molecular weight is 345 g/mol. The van der Waals surface area contributed by atoms with E-state index < -0.39 is 12.0 Å². The molecule has 0 aliphatic heterocycles. The Bertz CT molecular complexity index is 591. The van der Waals surface area contributed by atoms with Gasteiger partial charge in [-0.3, -0.25) is 0 Å². The number of ether oxygens (including phenoxy) is 1. The normalized spacial score (nSPS) is 12.2. The Hall–Kier alpha value is -1.30. The molecule has 2 rings (SSSR count). The Morgan fingerprint density at radius 3 is 2.79 bits per heavy atom. The van der Waals surface area contributed by atoms with Crippen LogP contribution in [0.5, 0.6) is 0 Å². The predicted molar refractivity (Wildman–Crippen MR) is 75.2 cm³/mol. The van der Waals surface area contributed by atoms with Crippen LogP contribution in [-0.4, -0.2) is 13.1 Å². The van der Waals surface area contributed by atoms with Gasteiger partial charge in [-0.15, -0.1) is 0 Å². The van der Waals surface area contributed by atoms with Crippen molar-refractivity contribution in [3.8, 4) is 0 Å². The average Bonchev–Trinajstić information content (AvgIpc) is 2.85. The number of methoxy groups -OCH3 is 1. The van der Waals surface area contributed by atoms with E-state index in [1.807, 2.05) is 6.07 Å². The lowest BCUT2D eigenvalue weighted by Crippen LogP contribution is -2.11. The molecule has 0 radical (unpaired) electrons. The molecular formula is C13H11BrClNO3. The largest absolute Gasteiger partial charge is 0.463 e. The van der Waals surface area contributed by atoms with Gasteiger partial charge in [-0.1, -0.05) is 27.5 Å². The highest BCUT2D eigenvalue weighted by Gasteiger charge is 2.17. The van der Waals surface area contributed by atoms with E-state index in [1.54, 1.807) is 18.2 Å². The lowest BCUT2D eigenvalue weighted by atomic mass is 10.1. The maximum atomic E-state index is 11.3. The van der Waals surface area contributed by atoms with Crippen LogP contribution in [0.2, 0.25) is 5.02 Å². The van der Waals surface area contributed by atoms with Crippen molar-refractivity contribution >= 4 is 33.5 Å². The van der Waals surface area contributed by atoms with Gasteiger partial charge in [0.15, 0.2) is 0 Å². The van der Waals surface area contributed by atoms with Gasteiger partial charge in [0, 0.05) is 9.50 Å². The molecule has 0 amide bonds. The van der Waals surface area contributed by atoms with Gasteiger partial charge in [0.1, 0.15) is 5.76 Å². The molecule has 1 aromatic carbocycles. The number of furan rings is 1. The highest BCUT2D eigenvalue weighted by atomic mass is 79.9. The van der Waals surface area contributed by atoms with Gasteiger partial charge >= 0.3 is 5.97 Å². The number of carbonyl (C=O) groups is 1. The summed E-state index contributed by atoms with van der Waals surface area (Å²) in [6.07, 6.45) is 0. The van der Waals surface area contributed by atoms with Crippen molar-refractivity contribution in [2.45, 2.75) is 6.04 Å². The quantitative estimate of drug-likeness (QED) is 0.865. The van der Waals surface area contributed by atoms with E-state index in [0.717, 1.165) is 10.0 Å². The Labute approximate surface area is 123 Å². The van der Waals surface area contributed by atoms with Gasteiger partial charge in [0.2, 0.25) is 5.76 Å². The fourth-order valence-corrected chi connectivity index (χ4v) is 2.54. The van der Waals surface area contributed by atoms with Crippen molar-refractivity contribution in [1.29, 1.82) is 0 Å². The fraction of sp³-hybridized carbons (Fsp3) is 0.154. The molecule has 0 aliphatic carbocycles. The first-order valence-electron chi connectivity index (χ1n) is 5.41. The number of hydrogen-bond donors (Lipinski definition) is 1. The molecule has 0 aliphatic rings. The van der Waals surface area contributed by atoms with E-state index in [2.05, 4.69) is 20.7 Å². The van der Waals surface area contributed by atoms with Crippen molar-refractivity contribution in [1.82, 2.24) is 0 Å². The van der Waals surface area contributed by atoms with E-state index in [-0.39, 0.29) is 5.76 Å². The van der Waals surface area contributed by atoms with Crippen molar-refractivity contribution in [3.63, 3.8) is 0 Å². The number of halogens is 2. The minimum Gasteiger partial charge on any atom is -0.463 e. The van der Waals surface area contributed by atoms with Crippen LogP contribution in [0, 0.1) is 0 Å². The first-order chi connectivity index (χ1) is 9.01. The number of benzene rings is 1. The number of esters is 1. The lowest BCUT2D eigenvalue weighted by Gasteiger charge is -2.10. The third-order valence-corrected chi connectivity index (χ3v) is 3.24. The smallest absolute Gasteiger partial charge is 0.373 e. The van der Waals surface area contributed by atoms with Crippen molar-refractivity contribution in [3.05, 3.63) is 56.9 Å². The summed E-state index contributed by atoms with van der Waals surface area (Å²) in [5, 5.41) is 0.569. The SMILES string of the molecule is COC(=O)c1ccc(C(N)c2cc(Cl)cc(Br)c2)o1. The molecule has 2 aromatic rings. The summed E-state index contributed by atoms with van der Waals surface area (Å²) in [7, 11) is 1.29. The van der Waals surface area contributed by atoms with Crippen LogP contribution >= 0.6 is 27.5 Å². The standard InChI is InChI=1S/C13H11BrClNO3/c1-18-13(17)11-3-2-10(19-11)12(16)7-4-8(14)6-9(15)5-7/h2-6,12H,16H2,1H3. The predicted octanol–water partition coefficient (Wildman–Crippen LogP) is 3.53. The van der Waals surface area contributed by atoms with Gasteiger partial charge < -0.3 is 14.9 Å². The number of rotatable bonds is 3. The molecule has 6 heteroatoms. The Kier molecular flexibility index (Phi) is 4.29. The molecular weight excluding hydrogens is 334 g/mol. The van der Waals surface area contributed by atoms with Crippen LogP contribution in [0.25, 0.3) is 0 Å². The molecule has 19 heavy (non-hydrogen) atoms. The zero-order chi connectivity index (χ0) is 14.0. The third-order valence-electron chi connectivity index (χ3n) is 2.56. The monoisotopic (exact) mass is 343 g/mol. The summed E-state index contributed by atoms with van der Waals surface area (Å²) in [6, 6.07) is 8.02. The summed E-state index contributed by atoms with van der Waals surface area (Å²) in [6.45, 7) is 0. The van der Waals surface area contributed by atoms with E-state index in [0.29, 0.717) is 10.8 Å². The fourth-order valence-electron chi connectivity index (χ4n) is 1.65. The van der Waals surface area contributed by atoms with Crippen LogP contribution in [0.1, 0.15) is 27.9 Å². The summed E-state index contributed by atoms with van der Waals surface area (Å²) in [5.74, 6) is 0.0503. The van der Waals surface area contributed by atoms with Gasteiger partial charge in [0.05, 0.1) is 13.2 Å². The second-order valence-corrected chi connectivity index (χ2v) is 5.23. The first-order valence-corrected chi connectivity index (χ1v) is 6.58. The molecule has 0 bridgehead atoms. The second-order valence-electron chi connectivity index (χ2n) is 3.87. The van der Waals surface area contributed by atoms with Crippen LogP contribution in [0.4, 0.5) is 0 Å². The Morgan fingerprint density at radius 1 is 1.42 bits per heavy atom. The molecule has 1 aromatic heterocycles. The summed E-state index contributed by atoms with van der Waals surface area (Å²) in [4.78, 5) is 11.3. The number of hydrogen-bond acceptors (Lipinski definition) is 4. The van der Waals surface area contributed by atoms with Gasteiger partial charge in [-0.2, -0.15) is 0 Å². The molecule has 0 fully saturated rings.